The number of nitrogens with zero attached hydrogens (tertiary/aromatic N) is 2. The third-order valence-electron chi connectivity index (χ3n) is 6.77. The molecule has 0 spiro atoms. The average molecular weight is 544 g/mol. The van der Waals surface area contributed by atoms with Crippen molar-refractivity contribution in [3.63, 3.8) is 0 Å². The van der Waals surface area contributed by atoms with Gasteiger partial charge in [-0.05, 0) is 53.9 Å². The summed E-state index contributed by atoms with van der Waals surface area (Å²) in [4.78, 5) is 16.0. The fourth-order valence-electron chi connectivity index (χ4n) is 4.72. The number of hydrogen-bond donors (Lipinski definition) is 2. The van der Waals surface area contributed by atoms with E-state index in [1.807, 2.05) is 61.5 Å². The molecule has 1 unspecified atom stereocenters. The van der Waals surface area contributed by atoms with E-state index in [1.54, 1.807) is 24.3 Å². The van der Waals surface area contributed by atoms with E-state index in [9.17, 15) is 18.3 Å². The normalized spacial score (nSPS) is 15.9. The zero-order chi connectivity index (χ0) is 27.4. The summed E-state index contributed by atoms with van der Waals surface area (Å²) in [7, 11) is -3.87. The van der Waals surface area contributed by atoms with Crippen LogP contribution in [0.2, 0.25) is 0 Å². The molecular formula is C30H29N3O5S. The first kappa shape index (κ1) is 26.2. The number of sulfonamides is 1. The van der Waals surface area contributed by atoms with Gasteiger partial charge in [-0.25, -0.2) is 4.79 Å². The standard InChI is InChI=1S/C30H29N3O5S/c1-21-13-15-25(16-14-21)39(36,37)32-31-28-19-24(38-29-12-5-4-11-27(28)29)20-33(30(34)35)18-17-23-9-6-8-22-7-2-3-10-26(22)23/h2-16,24,32H,17-20H2,1H3,(H,34,35)/b31-28+. The number of hydrogen-bond acceptors (Lipinski definition) is 5. The molecule has 0 fully saturated rings. The molecule has 4 aromatic carbocycles. The van der Waals surface area contributed by atoms with Gasteiger partial charge in [-0.1, -0.05) is 72.3 Å². The van der Waals surface area contributed by atoms with Crippen LogP contribution in [0.25, 0.3) is 10.8 Å². The van der Waals surface area contributed by atoms with Gasteiger partial charge in [-0.15, -0.1) is 0 Å². The molecule has 0 radical (unpaired) electrons. The van der Waals surface area contributed by atoms with Gasteiger partial charge in [0.1, 0.15) is 11.9 Å². The molecule has 1 atom stereocenters. The Morgan fingerprint density at radius 2 is 1.72 bits per heavy atom. The van der Waals surface area contributed by atoms with Crippen molar-refractivity contribution in [2.45, 2.75) is 30.8 Å². The smallest absolute Gasteiger partial charge is 0.407 e. The van der Waals surface area contributed by atoms with Crippen LogP contribution in [-0.2, 0) is 16.4 Å². The number of carboxylic acid groups (broad SMARTS) is 1. The van der Waals surface area contributed by atoms with Crippen molar-refractivity contribution in [1.29, 1.82) is 0 Å². The van der Waals surface area contributed by atoms with Crippen molar-refractivity contribution in [3.05, 3.63) is 108 Å². The number of rotatable bonds is 8. The molecule has 1 aliphatic heterocycles. The molecule has 1 aliphatic rings. The summed E-state index contributed by atoms with van der Waals surface area (Å²) in [6.07, 6.45) is -0.790. The van der Waals surface area contributed by atoms with E-state index in [0.717, 1.165) is 21.9 Å². The average Bonchev–Trinajstić information content (AvgIpc) is 2.94. The minimum atomic E-state index is -3.87. The summed E-state index contributed by atoms with van der Waals surface area (Å²) in [6.45, 7) is 2.28. The van der Waals surface area contributed by atoms with Crippen LogP contribution >= 0.6 is 0 Å². The summed E-state index contributed by atoms with van der Waals surface area (Å²) in [5, 5.41) is 16.4. The van der Waals surface area contributed by atoms with E-state index in [1.165, 1.54) is 17.0 Å². The molecular weight excluding hydrogens is 514 g/mol. The second kappa shape index (κ2) is 11.2. The van der Waals surface area contributed by atoms with Crippen LogP contribution in [0.5, 0.6) is 5.75 Å². The Labute approximate surface area is 227 Å². The Bertz CT molecular complexity index is 1630. The maximum absolute atomic E-state index is 12.8. The highest BCUT2D eigenvalue weighted by Gasteiger charge is 2.29. The second-order valence-corrected chi connectivity index (χ2v) is 11.2. The van der Waals surface area contributed by atoms with Gasteiger partial charge in [0.05, 0.1) is 17.2 Å². The van der Waals surface area contributed by atoms with Gasteiger partial charge >= 0.3 is 6.09 Å². The van der Waals surface area contributed by atoms with E-state index in [2.05, 4.69) is 9.93 Å². The first-order valence-corrected chi connectivity index (χ1v) is 14.1. The monoisotopic (exact) mass is 543 g/mol. The Kier molecular flexibility index (Phi) is 7.51. The second-order valence-electron chi connectivity index (χ2n) is 9.52. The van der Waals surface area contributed by atoms with Gasteiger partial charge in [0.25, 0.3) is 10.0 Å². The van der Waals surface area contributed by atoms with E-state index >= 15 is 0 Å². The Morgan fingerprint density at radius 1 is 1.00 bits per heavy atom. The summed E-state index contributed by atoms with van der Waals surface area (Å²) in [6, 6.07) is 27.8. The summed E-state index contributed by atoms with van der Waals surface area (Å²) < 4.78 is 31.8. The molecule has 1 heterocycles. The van der Waals surface area contributed by atoms with Crippen molar-refractivity contribution in [2.24, 2.45) is 5.10 Å². The lowest BCUT2D eigenvalue weighted by atomic mass is 9.99. The number of fused-ring (bicyclic) bond motifs is 2. The maximum atomic E-state index is 12.8. The minimum Gasteiger partial charge on any atom is -0.487 e. The van der Waals surface area contributed by atoms with Crippen LogP contribution in [-0.4, -0.2) is 49.4 Å². The molecule has 0 aliphatic carbocycles. The number of hydrazone groups is 1. The molecule has 1 amide bonds. The molecule has 0 aromatic heterocycles. The van der Waals surface area contributed by atoms with E-state index in [0.29, 0.717) is 23.4 Å². The zero-order valence-corrected chi connectivity index (χ0v) is 22.3. The van der Waals surface area contributed by atoms with Crippen LogP contribution in [0.1, 0.15) is 23.1 Å². The fourth-order valence-corrected chi connectivity index (χ4v) is 5.55. The van der Waals surface area contributed by atoms with Crippen LogP contribution < -0.4 is 9.57 Å². The van der Waals surface area contributed by atoms with Crippen molar-refractivity contribution in [2.75, 3.05) is 13.1 Å². The van der Waals surface area contributed by atoms with E-state index in [4.69, 9.17) is 4.74 Å². The number of nitrogens with one attached hydrogen (secondary N) is 1. The predicted molar refractivity (Wildman–Crippen MR) is 151 cm³/mol. The largest absolute Gasteiger partial charge is 0.487 e. The van der Waals surface area contributed by atoms with Crippen molar-refractivity contribution in [3.8, 4) is 5.75 Å². The van der Waals surface area contributed by atoms with Gasteiger partial charge in [0, 0.05) is 18.5 Å². The summed E-state index contributed by atoms with van der Waals surface area (Å²) in [5.74, 6) is 0.529. The first-order chi connectivity index (χ1) is 18.8. The molecule has 200 valence electrons. The van der Waals surface area contributed by atoms with Crippen LogP contribution in [0.15, 0.2) is 101 Å². The lowest BCUT2D eigenvalue weighted by molar-refractivity contribution is 0.109. The molecule has 8 nitrogen and oxygen atoms in total. The lowest BCUT2D eigenvalue weighted by Crippen LogP contribution is -2.43. The third-order valence-corrected chi connectivity index (χ3v) is 7.99. The number of para-hydroxylation sites is 1. The molecule has 2 N–H and O–H groups in total. The summed E-state index contributed by atoms with van der Waals surface area (Å²) in [5.41, 5.74) is 3.17. The van der Waals surface area contributed by atoms with E-state index < -0.39 is 22.2 Å². The molecule has 39 heavy (non-hydrogen) atoms. The molecule has 0 saturated carbocycles. The minimum absolute atomic E-state index is 0.109. The van der Waals surface area contributed by atoms with Gasteiger partial charge < -0.3 is 14.7 Å². The number of carbonyl (C=O) groups is 1. The van der Waals surface area contributed by atoms with Crippen LogP contribution in [0, 0.1) is 6.92 Å². The number of benzene rings is 4. The first-order valence-electron chi connectivity index (χ1n) is 12.7. The number of amides is 1. The van der Waals surface area contributed by atoms with Gasteiger partial charge in [0.15, 0.2) is 0 Å². The zero-order valence-electron chi connectivity index (χ0n) is 21.4. The predicted octanol–water partition coefficient (Wildman–Crippen LogP) is 5.20. The highest BCUT2D eigenvalue weighted by atomic mass is 32.2. The van der Waals surface area contributed by atoms with Gasteiger partial charge in [0.2, 0.25) is 0 Å². The highest BCUT2D eigenvalue weighted by molar-refractivity contribution is 7.89. The Balaban J connectivity index is 1.33. The lowest BCUT2D eigenvalue weighted by Gasteiger charge is -2.31. The third kappa shape index (κ3) is 6.04. The van der Waals surface area contributed by atoms with Crippen molar-refractivity contribution in [1.82, 2.24) is 9.73 Å². The van der Waals surface area contributed by atoms with E-state index in [-0.39, 0.29) is 24.4 Å². The quantitative estimate of drug-likeness (QED) is 0.297. The fraction of sp³-hybridized carbons (Fsp3) is 0.200. The Hall–Kier alpha value is -4.37. The number of aryl methyl sites for hydroxylation is 1. The maximum Gasteiger partial charge on any atom is 0.407 e. The van der Waals surface area contributed by atoms with Crippen LogP contribution in [0.4, 0.5) is 4.79 Å². The molecule has 0 bridgehead atoms. The van der Waals surface area contributed by atoms with Gasteiger partial charge in [-0.3, -0.25) is 0 Å². The highest BCUT2D eigenvalue weighted by Crippen LogP contribution is 2.28. The molecule has 4 aromatic rings. The summed E-state index contributed by atoms with van der Waals surface area (Å²) >= 11 is 0. The molecule has 0 saturated heterocycles. The van der Waals surface area contributed by atoms with Crippen molar-refractivity contribution >= 4 is 32.6 Å². The van der Waals surface area contributed by atoms with Crippen LogP contribution in [0.3, 0.4) is 0 Å². The Morgan fingerprint density at radius 3 is 2.51 bits per heavy atom. The number of ether oxygens (including phenoxy) is 1. The SMILES string of the molecule is Cc1ccc(S(=O)(=O)N/N=C2\CC(CN(CCc3cccc4ccccc34)C(=O)O)Oc3ccccc32)cc1. The molecule has 5 rings (SSSR count). The topological polar surface area (TPSA) is 108 Å². The molecule has 9 heteroatoms. The van der Waals surface area contributed by atoms with Crippen molar-refractivity contribution < 1.29 is 23.1 Å². The van der Waals surface area contributed by atoms with Gasteiger partial charge in [-0.2, -0.15) is 18.4 Å².